The van der Waals surface area contributed by atoms with E-state index in [1.54, 1.807) is 7.11 Å². The Bertz CT molecular complexity index is 887. The number of carbonyl (C=O) groups is 1. The van der Waals surface area contributed by atoms with Crippen LogP contribution in [0.15, 0.2) is 54.6 Å². The summed E-state index contributed by atoms with van der Waals surface area (Å²) in [4.78, 5) is 14.7. The minimum absolute atomic E-state index is 0.0948. The van der Waals surface area contributed by atoms with Crippen LogP contribution in [0.2, 0.25) is 0 Å². The van der Waals surface area contributed by atoms with E-state index in [4.69, 9.17) is 4.74 Å². The lowest BCUT2D eigenvalue weighted by Crippen LogP contribution is -2.68. The number of hydrogen-bond acceptors (Lipinski definition) is 3. The van der Waals surface area contributed by atoms with Crippen LogP contribution in [0, 0.1) is 0 Å². The Kier molecular flexibility index (Phi) is 3.79. The van der Waals surface area contributed by atoms with Crippen molar-refractivity contribution in [3.63, 3.8) is 0 Å². The van der Waals surface area contributed by atoms with Crippen molar-refractivity contribution in [2.45, 2.75) is 31.3 Å². The summed E-state index contributed by atoms with van der Waals surface area (Å²) in [5, 5.41) is 3.30. The Hall–Kier alpha value is -2.75. The number of methoxy groups -OCH3 is 1. The first kappa shape index (κ1) is 16.7. The minimum Gasteiger partial charge on any atom is -0.497 e. The van der Waals surface area contributed by atoms with Gasteiger partial charge < -0.3 is 15.0 Å². The second-order valence-electron chi connectivity index (χ2n) is 7.47. The van der Waals surface area contributed by atoms with Gasteiger partial charge in [0.25, 0.3) is 0 Å². The van der Waals surface area contributed by atoms with Gasteiger partial charge in [0.2, 0.25) is 5.91 Å². The molecule has 26 heavy (non-hydrogen) atoms. The van der Waals surface area contributed by atoms with Gasteiger partial charge in [-0.25, -0.2) is 0 Å². The standard InChI is InChI=1S/C22H24N2O2/c1-21(2)18-9-4-5-10-19(18)24-14-12-20(25)23-22(21,24)13-11-16-7-6-8-17(15-16)26-3/h4-11,13,15H,12,14H2,1-3H3,(H,23,25)/b13-11+/t22-/m0/s1. The van der Waals surface area contributed by atoms with E-state index in [-0.39, 0.29) is 11.3 Å². The van der Waals surface area contributed by atoms with Crippen molar-refractivity contribution < 1.29 is 9.53 Å². The van der Waals surface area contributed by atoms with E-state index in [1.807, 2.05) is 24.3 Å². The molecular formula is C22H24N2O2. The number of ether oxygens (including phenoxy) is 1. The van der Waals surface area contributed by atoms with Crippen LogP contribution in [0.4, 0.5) is 5.69 Å². The SMILES string of the molecule is COc1cccc(/C=C/[C@]23NC(=O)CCN2c2ccccc2C3(C)C)c1. The lowest BCUT2D eigenvalue weighted by atomic mass is 9.74. The molecule has 1 N–H and O–H groups in total. The fourth-order valence-electron chi connectivity index (χ4n) is 4.28. The molecule has 0 spiro atoms. The van der Waals surface area contributed by atoms with E-state index in [0.29, 0.717) is 13.0 Å². The molecule has 2 aromatic rings. The van der Waals surface area contributed by atoms with Crippen molar-refractivity contribution >= 4 is 17.7 Å². The van der Waals surface area contributed by atoms with Crippen molar-refractivity contribution in [2.24, 2.45) is 0 Å². The van der Waals surface area contributed by atoms with E-state index in [1.165, 1.54) is 11.3 Å². The number of nitrogens with zero attached hydrogens (tertiary/aromatic N) is 1. The fraction of sp³-hybridized carbons (Fsp3) is 0.318. The molecule has 0 unspecified atom stereocenters. The van der Waals surface area contributed by atoms with Crippen LogP contribution in [0.5, 0.6) is 5.75 Å². The Balaban J connectivity index is 1.82. The van der Waals surface area contributed by atoms with Crippen molar-refractivity contribution in [2.75, 3.05) is 18.6 Å². The number of fused-ring (bicyclic) bond motifs is 3. The second kappa shape index (κ2) is 5.90. The van der Waals surface area contributed by atoms with E-state index < -0.39 is 5.66 Å². The summed E-state index contributed by atoms with van der Waals surface area (Å²) in [5.74, 6) is 0.917. The van der Waals surface area contributed by atoms with Crippen LogP contribution >= 0.6 is 0 Å². The molecule has 0 saturated carbocycles. The first-order valence-electron chi connectivity index (χ1n) is 8.99. The summed E-state index contributed by atoms with van der Waals surface area (Å²) < 4.78 is 5.33. The Morgan fingerprint density at radius 1 is 1.15 bits per heavy atom. The number of nitrogens with one attached hydrogen (secondary N) is 1. The van der Waals surface area contributed by atoms with Gasteiger partial charge in [0.05, 0.1) is 7.11 Å². The van der Waals surface area contributed by atoms with Gasteiger partial charge in [0.15, 0.2) is 0 Å². The Morgan fingerprint density at radius 2 is 1.96 bits per heavy atom. The van der Waals surface area contributed by atoms with Crippen LogP contribution < -0.4 is 15.0 Å². The first-order chi connectivity index (χ1) is 12.5. The van der Waals surface area contributed by atoms with Crippen molar-refractivity contribution in [3.05, 3.63) is 65.7 Å². The molecule has 134 valence electrons. The van der Waals surface area contributed by atoms with Crippen molar-refractivity contribution in [1.82, 2.24) is 5.32 Å². The summed E-state index contributed by atoms with van der Waals surface area (Å²) >= 11 is 0. The van der Waals surface area contributed by atoms with Gasteiger partial charge in [0.1, 0.15) is 11.4 Å². The van der Waals surface area contributed by atoms with Gasteiger partial charge in [-0.05, 0) is 35.4 Å². The maximum absolute atomic E-state index is 12.4. The van der Waals surface area contributed by atoms with Crippen LogP contribution in [-0.4, -0.2) is 25.2 Å². The van der Waals surface area contributed by atoms with E-state index in [2.05, 4.69) is 60.5 Å². The highest BCUT2D eigenvalue weighted by molar-refractivity contribution is 5.84. The highest BCUT2D eigenvalue weighted by Crippen LogP contribution is 2.52. The molecule has 0 bridgehead atoms. The maximum atomic E-state index is 12.4. The molecule has 4 heteroatoms. The second-order valence-corrected chi connectivity index (χ2v) is 7.47. The molecular weight excluding hydrogens is 324 g/mol. The van der Waals surface area contributed by atoms with Gasteiger partial charge in [-0.15, -0.1) is 0 Å². The molecule has 2 aliphatic rings. The van der Waals surface area contributed by atoms with E-state index in [9.17, 15) is 4.79 Å². The van der Waals surface area contributed by atoms with Gasteiger partial charge in [-0.3, -0.25) is 4.79 Å². The van der Waals surface area contributed by atoms with Crippen LogP contribution in [-0.2, 0) is 10.2 Å². The van der Waals surface area contributed by atoms with Crippen LogP contribution in [0.3, 0.4) is 0 Å². The molecule has 0 aliphatic carbocycles. The van der Waals surface area contributed by atoms with Crippen molar-refractivity contribution in [1.29, 1.82) is 0 Å². The molecule has 4 rings (SSSR count). The summed E-state index contributed by atoms with van der Waals surface area (Å²) in [6.45, 7) is 5.12. The number of amides is 1. The third-order valence-corrected chi connectivity index (χ3v) is 5.75. The third kappa shape index (κ3) is 2.32. The molecule has 1 amide bonds. The normalized spacial score (nSPS) is 23.5. The Morgan fingerprint density at radius 3 is 2.77 bits per heavy atom. The molecule has 1 saturated heterocycles. The number of hydrogen-bond donors (Lipinski definition) is 1. The topological polar surface area (TPSA) is 41.6 Å². The van der Waals surface area contributed by atoms with Gasteiger partial charge >= 0.3 is 0 Å². The zero-order chi connectivity index (χ0) is 18.4. The number of carbonyl (C=O) groups excluding carboxylic acids is 1. The average molecular weight is 348 g/mol. The van der Waals surface area contributed by atoms with E-state index >= 15 is 0 Å². The van der Waals surface area contributed by atoms with Gasteiger partial charge in [0, 0.05) is 24.1 Å². The van der Waals surface area contributed by atoms with E-state index in [0.717, 1.165) is 11.3 Å². The predicted octanol–water partition coefficient (Wildman–Crippen LogP) is 3.72. The summed E-state index contributed by atoms with van der Waals surface area (Å²) in [6.07, 6.45) is 4.73. The minimum atomic E-state index is -0.574. The maximum Gasteiger partial charge on any atom is 0.223 e. The number of rotatable bonds is 3. The molecule has 1 atom stereocenters. The fourth-order valence-corrected chi connectivity index (χ4v) is 4.28. The quantitative estimate of drug-likeness (QED) is 0.919. The largest absolute Gasteiger partial charge is 0.497 e. The first-order valence-corrected chi connectivity index (χ1v) is 8.99. The molecule has 2 aliphatic heterocycles. The molecule has 1 fully saturated rings. The smallest absolute Gasteiger partial charge is 0.223 e. The van der Waals surface area contributed by atoms with Crippen LogP contribution in [0.1, 0.15) is 31.4 Å². The summed E-state index contributed by atoms with van der Waals surface area (Å²) in [6, 6.07) is 16.4. The lowest BCUT2D eigenvalue weighted by Gasteiger charge is -2.49. The summed E-state index contributed by atoms with van der Waals surface area (Å²) in [5.41, 5.74) is 2.68. The molecule has 0 radical (unpaired) electrons. The predicted molar refractivity (Wildman–Crippen MR) is 104 cm³/mol. The zero-order valence-corrected chi connectivity index (χ0v) is 15.5. The third-order valence-electron chi connectivity index (χ3n) is 5.75. The van der Waals surface area contributed by atoms with Crippen LogP contribution in [0.25, 0.3) is 6.08 Å². The lowest BCUT2D eigenvalue weighted by molar-refractivity contribution is -0.124. The molecule has 0 aromatic heterocycles. The zero-order valence-electron chi connectivity index (χ0n) is 15.5. The van der Waals surface area contributed by atoms with Gasteiger partial charge in [-0.1, -0.05) is 50.3 Å². The highest BCUT2D eigenvalue weighted by atomic mass is 16.5. The monoisotopic (exact) mass is 348 g/mol. The van der Waals surface area contributed by atoms with Gasteiger partial charge in [-0.2, -0.15) is 0 Å². The summed E-state index contributed by atoms with van der Waals surface area (Å²) in [7, 11) is 1.67. The average Bonchev–Trinajstić information content (AvgIpc) is 2.85. The Labute approximate surface area is 154 Å². The van der Waals surface area contributed by atoms with Crippen molar-refractivity contribution in [3.8, 4) is 5.75 Å². The number of para-hydroxylation sites is 1. The number of anilines is 1. The number of benzene rings is 2. The molecule has 2 aromatic carbocycles. The molecule has 2 heterocycles. The molecule has 4 nitrogen and oxygen atoms in total. The highest BCUT2D eigenvalue weighted by Gasteiger charge is 2.57.